The molecule has 3 heteroatoms. The lowest BCUT2D eigenvalue weighted by Crippen LogP contribution is -2.42. The van der Waals surface area contributed by atoms with E-state index in [9.17, 15) is 0 Å². The Bertz CT molecular complexity index is 380. The molecule has 0 spiro atoms. The molecule has 2 unspecified atom stereocenters. The van der Waals surface area contributed by atoms with E-state index in [2.05, 4.69) is 11.4 Å². The van der Waals surface area contributed by atoms with Gasteiger partial charge in [-0.15, -0.1) is 11.3 Å². The topological polar surface area (TPSA) is 21.3 Å². The molecule has 0 radical (unpaired) electrons. The van der Waals surface area contributed by atoms with Crippen LogP contribution in [0.5, 0.6) is 0 Å². The fraction of sp³-hybridized carbons (Fsp3) is 0.733. The average molecular weight is 265 g/mol. The summed E-state index contributed by atoms with van der Waals surface area (Å²) >= 11 is 2.02. The van der Waals surface area contributed by atoms with E-state index in [0.717, 1.165) is 6.54 Å². The number of hydrogen-bond donors (Lipinski definition) is 1. The monoisotopic (exact) mass is 265 g/mol. The van der Waals surface area contributed by atoms with Crippen LogP contribution in [0, 0.1) is 0 Å². The molecule has 0 saturated heterocycles. The van der Waals surface area contributed by atoms with Crippen molar-refractivity contribution in [3.05, 3.63) is 21.4 Å². The first-order valence-electron chi connectivity index (χ1n) is 7.23. The highest BCUT2D eigenvalue weighted by Gasteiger charge is 2.24. The largest absolute Gasteiger partial charge is 0.380 e. The zero-order chi connectivity index (χ0) is 12.4. The van der Waals surface area contributed by atoms with Crippen molar-refractivity contribution in [2.24, 2.45) is 0 Å². The van der Waals surface area contributed by atoms with Crippen LogP contribution in [0.2, 0.25) is 0 Å². The molecule has 100 valence electrons. The molecule has 2 aliphatic carbocycles. The number of methoxy groups -OCH3 is 1. The molecule has 1 aromatic heterocycles. The normalized spacial score (nSPS) is 27.4. The molecule has 0 amide bonds. The number of thiophene rings is 1. The summed E-state index contributed by atoms with van der Waals surface area (Å²) in [6.45, 7) is 1.03. The zero-order valence-electron chi connectivity index (χ0n) is 11.2. The molecule has 1 N–H and O–H groups in total. The van der Waals surface area contributed by atoms with Crippen molar-refractivity contribution < 1.29 is 4.74 Å². The molecule has 18 heavy (non-hydrogen) atoms. The van der Waals surface area contributed by atoms with Crippen LogP contribution < -0.4 is 5.32 Å². The van der Waals surface area contributed by atoms with Crippen molar-refractivity contribution in [1.29, 1.82) is 0 Å². The van der Waals surface area contributed by atoms with Crippen molar-refractivity contribution in [2.45, 2.75) is 63.6 Å². The van der Waals surface area contributed by atoms with Gasteiger partial charge in [-0.1, -0.05) is 12.8 Å². The summed E-state index contributed by atoms with van der Waals surface area (Å²) in [6, 6.07) is 2.98. The summed E-state index contributed by atoms with van der Waals surface area (Å²) in [5, 5.41) is 3.71. The van der Waals surface area contributed by atoms with Crippen LogP contribution in [-0.2, 0) is 24.1 Å². The number of nitrogens with one attached hydrogen (secondary N) is 1. The highest BCUT2D eigenvalue weighted by atomic mass is 32.1. The maximum atomic E-state index is 5.59. The smallest absolute Gasteiger partial charge is 0.0724 e. The summed E-state index contributed by atoms with van der Waals surface area (Å²) < 4.78 is 5.59. The third-order valence-electron chi connectivity index (χ3n) is 4.34. The Labute approximate surface area is 114 Å². The van der Waals surface area contributed by atoms with E-state index in [4.69, 9.17) is 4.74 Å². The van der Waals surface area contributed by atoms with Crippen LogP contribution in [0.25, 0.3) is 0 Å². The quantitative estimate of drug-likeness (QED) is 0.902. The molecule has 3 rings (SSSR count). The Balaban J connectivity index is 1.56. The molecule has 0 aromatic carbocycles. The summed E-state index contributed by atoms with van der Waals surface area (Å²) in [5.74, 6) is 0. The van der Waals surface area contributed by atoms with E-state index in [-0.39, 0.29) is 0 Å². The van der Waals surface area contributed by atoms with E-state index in [0.29, 0.717) is 12.1 Å². The molecule has 0 bridgehead atoms. The lowest BCUT2D eigenvalue weighted by molar-refractivity contribution is 0.0414. The first kappa shape index (κ1) is 12.6. The molecular weight excluding hydrogens is 242 g/mol. The Morgan fingerprint density at radius 3 is 3.00 bits per heavy atom. The van der Waals surface area contributed by atoms with Crippen molar-refractivity contribution in [2.75, 3.05) is 7.11 Å². The minimum absolute atomic E-state index is 0.422. The maximum Gasteiger partial charge on any atom is 0.0724 e. The van der Waals surface area contributed by atoms with Gasteiger partial charge in [0.15, 0.2) is 0 Å². The van der Waals surface area contributed by atoms with Crippen LogP contribution in [0.15, 0.2) is 6.07 Å². The van der Waals surface area contributed by atoms with Gasteiger partial charge in [-0.2, -0.15) is 0 Å². The average Bonchev–Trinajstić information content (AvgIpc) is 2.97. The van der Waals surface area contributed by atoms with E-state index in [1.165, 1.54) is 49.8 Å². The second-order valence-electron chi connectivity index (χ2n) is 5.56. The molecule has 1 aromatic rings. The Kier molecular flexibility index (Phi) is 4.02. The fourth-order valence-corrected chi connectivity index (χ4v) is 4.53. The minimum atomic E-state index is 0.422. The predicted molar refractivity (Wildman–Crippen MR) is 76.2 cm³/mol. The molecule has 2 atom stereocenters. The second kappa shape index (κ2) is 5.72. The standard InChI is InChI=1S/C15H23NOS/c1-17-14-7-3-2-6-13(14)16-10-12-9-11-5-4-8-15(11)18-12/h9,13-14,16H,2-8,10H2,1H3. The lowest BCUT2D eigenvalue weighted by atomic mass is 9.92. The zero-order valence-corrected chi connectivity index (χ0v) is 12.0. The first-order chi connectivity index (χ1) is 8.86. The summed E-state index contributed by atoms with van der Waals surface area (Å²) in [6.07, 6.45) is 9.55. The van der Waals surface area contributed by atoms with Crippen LogP contribution in [0.3, 0.4) is 0 Å². The Morgan fingerprint density at radius 1 is 1.28 bits per heavy atom. The van der Waals surface area contributed by atoms with Gasteiger partial charge in [0, 0.05) is 29.5 Å². The van der Waals surface area contributed by atoms with Gasteiger partial charge < -0.3 is 10.1 Å². The Morgan fingerprint density at radius 2 is 2.17 bits per heavy atom. The van der Waals surface area contributed by atoms with E-state index < -0.39 is 0 Å². The molecule has 1 saturated carbocycles. The van der Waals surface area contributed by atoms with Gasteiger partial charge in [0.2, 0.25) is 0 Å². The summed E-state index contributed by atoms with van der Waals surface area (Å²) in [4.78, 5) is 3.15. The van der Waals surface area contributed by atoms with Gasteiger partial charge in [-0.3, -0.25) is 0 Å². The number of aryl methyl sites for hydroxylation is 2. The highest BCUT2D eigenvalue weighted by molar-refractivity contribution is 7.12. The van der Waals surface area contributed by atoms with Crippen molar-refractivity contribution >= 4 is 11.3 Å². The van der Waals surface area contributed by atoms with E-state index >= 15 is 0 Å². The van der Waals surface area contributed by atoms with Crippen LogP contribution in [0.1, 0.15) is 47.4 Å². The van der Waals surface area contributed by atoms with E-state index in [1.807, 2.05) is 18.4 Å². The molecule has 2 aliphatic rings. The number of fused-ring (bicyclic) bond motifs is 1. The van der Waals surface area contributed by atoms with Gasteiger partial charge in [-0.05, 0) is 43.7 Å². The highest BCUT2D eigenvalue weighted by Crippen LogP contribution is 2.31. The maximum absolute atomic E-state index is 5.59. The van der Waals surface area contributed by atoms with E-state index in [1.54, 1.807) is 10.4 Å². The van der Waals surface area contributed by atoms with Crippen molar-refractivity contribution in [1.82, 2.24) is 5.32 Å². The van der Waals surface area contributed by atoms with Gasteiger partial charge >= 0.3 is 0 Å². The van der Waals surface area contributed by atoms with Crippen molar-refractivity contribution in [3.8, 4) is 0 Å². The summed E-state index contributed by atoms with van der Waals surface area (Å²) in [5.41, 5.74) is 1.61. The van der Waals surface area contributed by atoms with Gasteiger partial charge in [-0.25, -0.2) is 0 Å². The first-order valence-corrected chi connectivity index (χ1v) is 8.05. The molecule has 0 aliphatic heterocycles. The fourth-order valence-electron chi connectivity index (χ4n) is 3.32. The SMILES string of the molecule is COC1CCCCC1NCc1cc2c(s1)CCC2. The van der Waals surface area contributed by atoms with Gasteiger partial charge in [0.1, 0.15) is 0 Å². The van der Waals surface area contributed by atoms with Crippen LogP contribution in [0.4, 0.5) is 0 Å². The summed E-state index contributed by atoms with van der Waals surface area (Å²) in [7, 11) is 1.85. The van der Waals surface area contributed by atoms with Crippen LogP contribution >= 0.6 is 11.3 Å². The minimum Gasteiger partial charge on any atom is -0.380 e. The predicted octanol–water partition coefficient (Wildman–Crippen LogP) is 3.28. The van der Waals surface area contributed by atoms with Crippen molar-refractivity contribution in [3.63, 3.8) is 0 Å². The Hall–Kier alpha value is -0.380. The lowest BCUT2D eigenvalue weighted by Gasteiger charge is -2.31. The molecule has 2 nitrogen and oxygen atoms in total. The molecular formula is C15H23NOS. The van der Waals surface area contributed by atoms with Gasteiger partial charge in [0.05, 0.1) is 6.10 Å². The third kappa shape index (κ3) is 2.63. The molecule has 1 fully saturated rings. The third-order valence-corrected chi connectivity index (χ3v) is 5.58. The molecule has 1 heterocycles. The number of rotatable bonds is 4. The van der Waals surface area contributed by atoms with Gasteiger partial charge in [0.25, 0.3) is 0 Å². The number of ether oxygens (including phenoxy) is 1. The number of hydrogen-bond acceptors (Lipinski definition) is 3. The second-order valence-corrected chi connectivity index (χ2v) is 6.78. The van der Waals surface area contributed by atoms with Crippen LogP contribution in [-0.4, -0.2) is 19.3 Å².